The standard InChI is InChI=1S/C16H25N5O/c1-12-15(13(2)21(19-12)8-9-22)11-17-10-14-6-5-7-16(18-14)20(3)4/h5-7,17,22H,8-11H2,1-4H3. The Morgan fingerprint density at radius 2 is 2.00 bits per heavy atom. The third-order valence-electron chi connectivity index (χ3n) is 3.70. The predicted molar refractivity (Wildman–Crippen MR) is 87.9 cm³/mol. The smallest absolute Gasteiger partial charge is 0.128 e. The fourth-order valence-corrected chi connectivity index (χ4v) is 2.43. The zero-order valence-electron chi connectivity index (χ0n) is 13.8. The number of aliphatic hydroxyl groups excluding tert-OH is 1. The van der Waals surface area contributed by atoms with E-state index in [1.807, 2.05) is 55.7 Å². The van der Waals surface area contributed by atoms with E-state index in [0.717, 1.165) is 29.4 Å². The van der Waals surface area contributed by atoms with Gasteiger partial charge in [-0.05, 0) is 26.0 Å². The summed E-state index contributed by atoms with van der Waals surface area (Å²) in [6.45, 7) is 6.15. The first kappa shape index (κ1) is 16.5. The van der Waals surface area contributed by atoms with Gasteiger partial charge >= 0.3 is 0 Å². The first-order chi connectivity index (χ1) is 10.5. The lowest BCUT2D eigenvalue weighted by Crippen LogP contribution is -2.17. The number of nitrogens with one attached hydrogen (secondary N) is 1. The van der Waals surface area contributed by atoms with Gasteiger partial charge in [0.2, 0.25) is 0 Å². The summed E-state index contributed by atoms with van der Waals surface area (Å²) in [4.78, 5) is 6.59. The molecular weight excluding hydrogens is 278 g/mol. The molecule has 120 valence electrons. The van der Waals surface area contributed by atoms with Gasteiger partial charge in [-0.3, -0.25) is 4.68 Å². The minimum atomic E-state index is 0.107. The van der Waals surface area contributed by atoms with E-state index < -0.39 is 0 Å². The highest BCUT2D eigenvalue weighted by Gasteiger charge is 2.10. The van der Waals surface area contributed by atoms with E-state index in [4.69, 9.17) is 5.11 Å². The van der Waals surface area contributed by atoms with Crippen LogP contribution >= 0.6 is 0 Å². The second kappa shape index (κ2) is 7.38. The Morgan fingerprint density at radius 1 is 1.23 bits per heavy atom. The van der Waals surface area contributed by atoms with Crippen LogP contribution in [0.3, 0.4) is 0 Å². The molecule has 0 fully saturated rings. The van der Waals surface area contributed by atoms with Crippen molar-refractivity contribution in [2.45, 2.75) is 33.5 Å². The molecule has 0 radical (unpaired) electrons. The Bertz CT molecular complexity index is 621. The average molecular weight is 303 g/mol. The van der Waals surface area contributed by atoms with Gasteiger partial charge in [-0.2, -0.15) is 5.10 Å². The molecule has 0 unspecified atom stereocenters. The normalized spacial score (nSPS) is 11.0. The van der Waals surface area contributed by atoms with Crippen molar-refractivity contribution in [1.82, 2.24) is 20.1 Å². The number of rotatable bonds is 7. The van der Waals surface area contributed by atoms with Crippen molar-refractivity contribution >= 4 is 5.82 Å². The summed E-state index contributed by atoms with van der Waals surface area (Å²) in [7, 11) is 3.98. The molecule has 0 aliphatic carbocycles. The summed E-state index contributed by atoms with van der Waals surface area (Å²) in [5.41, 5.74) is 4.32. The second-order valence-electron chi connectivity index (χ2n) is 5.58. The molecule has 2 heterocycles. The zero-order chi connectivity index (χ0) is 16.1. The van der Waals surface area contributed by atoms with Crippen molar-refractivity contribution in [2.75, 3.05) is 25.6 Å². The Morgan fingerprint density at radius 3 is 2.68 bits per heavy atom. The molecule has 0 aromatic carbocycles. The Hall–Kier alpha value is -1.92. The summed E-state index contributed by atoms with van der Waals surface area (Å²) in [6.07, 6.45) is 0. The van der Waals surface area contributed by atoms with Gasteiger partial charge in [-0.15, -0.1) is 0 Å². The van der Waals surface area contributed by atoms with Crippen LogP contribution in [0.5, 0.6) is 0 Å². The third kappa shape index (κ3) is 3.84. The van der Waals surface area contributed by atoms with Crippen molar-refractivity contribution in [3.8, 4) is 0 Å². The summed E-state index contributed by atoms with van der Waals surface area (Å²) >= 11 is 0. The van der Waals surface area contributed by atoms with Crippen LogP contribution in [0.25, 0.3) is 0 Å². The van der Waals surface area contributed by atoms with Crippen LogP contribution in [-0.2, 0) is 19.6 Å². The molecule has 2 rings (SSSR count). The lowest BCUT2D eigenvalue weighted by molar-refractivity contribution is 0.267. The van der Waals surface area contributed by atoms with Crippen LogP contribution < -0.4 is 10.2 Å². The monoisotopic (exact) mass is 303 g/mol. The summed E-state index contributed by atoms with van der Waals surface area (Å²) in [6, 6.07) is 6.04. The molecular formula is C16H25N5O. The van der Waals surface area contributed by atoms with Crippen LogP contribution in [-0.4, -0.2) is 40.6 Å². The largest absolute Gasteiger partial charge is 0.394 e. The molecule has 0 atom stereocenters. The molecule has 6 nitrogen and oxygen atoms in total. The number of hydrogen-bond acceptors (Lipinski definition) is 5. The Labute approximate surface area is 131 Å². The van der Waals surface area contributed by atoms with Gasteiger partial charge in [0.15, 0.2) is 0 Å². The van der Waals surface area contributed by atoms with Gasteiger partial charge in [-0.25, -0.2) is 4.98 Å². The maximum atomic E-state index is 9.05. The molecule has 0 amide bonds. The molecule has 6 heteroatoms. The van der Waals surface area contributed by atoms with Gasteiger partial charge < -0.3 is 15.3 Å². The minimum absolute atomic E-state index is 0.107. The molecule has 2 aromatic heterocycles. The van der Waals surface area contributed by atoms with E-state index in [1.54, 1.807) is 0 Å². The number of aliphatic hydroxyl groups is 1. The van der Waals surface area contributed by atoms with Crippen LogP contribution in [0.1, 0.15) is 22.6 Å². The second-order valence-corrected chi connectivity index (χ2v) is 5.58. The number of hydrogen-bond donors (Lipinski definition) is 2. The van der Waals surface area contributed by atoms with Crippen LogP contribution in [0.4, 0.5) is 5.82 Å². The highest BCUT2D eigenvalue weighted by atomic mass is 16.3. The molecule has 0 saturated heterocycles. The highest BCUT2D eigenvalue weighted by molar-refractivity contribution is 5.37. The van der Waals surface area contributed by atoms with Gasteiger partial charge in [0.1, 0.15) is 5.82 Å². The SMILES string of the molecule is Cc1nn(CCO)c(C)c1CNCc1cccc(N(C)C)n1. The fourth-order valence-electron chi connectivity index (χ4n) is 2.43. The number of anilines is 1. The van der Waals surface area contributed by atoms with Crippen LogP contribution in [0.15, 0.2) is 18.2 Å². The van der Waals surface area contributed by atoms with E-state index in [0.29, 0.717) is 13.1 Å². The number of pyridine rings is 1. The maximum Gasteiger partial charge on any atom is 0.128 e. The third-order valence-corrected chi connectivity index (χ3v) is 3.70. The predicted octanol–water partition coefficient (Wildman–Crippen LogP) is 1.24. The number of aromatic nitrogens is 3. The highest BCUT2D eigenvalue weighted by Crippen LogP contribution is 2.13. The molecule has 22 heavy (non-hydrogen) atoms. The lowest BCUT2D eigenvalue weighted by Gasteiger charge is -2.12. The van der Waals surface area contributed by atoms with Crippen molar-refractivity contribution < 1.29 is 5.11 Å². The average Bonchev–Trinajstić information content (AvgIpc) is 2.75. The molecule has 0 saturated carbocycles. The molecule has 2 aromatic rings. The zero-order valence-corrected chi connectivity index (χ0v) is 13.8. The molecule has 0 spiro atoms. The fraction of sp³-hybridized carbons (Fsp3) is 0.500. The van der Waals surface area contributed by atoms with E-state index in [2.05, 4.69) is 15.4 Å². The molecule has 2 N–H and O–H groups in total. The van der Waals surface area contributed by atoms with Crippen molar-refractivity contribution in [2.24, 2.45) is 0 Å². The van der Waals surface area contributed by atoms with Gasteiger partial charge in [-0.1, -0.05) is 6.07 Å². The van der Waals surface area contributed by atoms with Crippen LogP contribution in [0, 0.1) is 13.8 Å². The first-order valence-corrected chi connectivity index (χ1v) is 7.50. The van der Waals surface area contributed by atoms with Gasteiger partial charge in [0.05, 0.1) is 24.5 Å². The molecule has 0 aliphatic heterocycles. The molecule has 0 bridgehead atoms. The quantitative estimate of drug-likeness (QED) is 0.806. The number of aryl methyl sites for hydroxylation is 1. The van der Waals surface area contributed by atoms with Crippen molar-refractivity contribution in [3.63, 3.8) is 0 Å². The topological polar surface area (TPSA) is 66.2 Å². The summed E-state index contributed by atoms with van der Waals surface area (Å²) in [5.74, 6) is 0.961. The summed E-state index contributed by atoms with van der Waals surface area (Å²) in [5, 5.41) is 16.9. The Kier molecular flexibility index (Phi) is 5.51. The molecule has 0 aliphatic rings. The van der Waals surface area contributed by atoms with Gasteiger partial charge in [0.25, 0.3) is 0 Å². The Balaban J connectivity index is 1.98. The maximum absolute atomic E-state index is 9.05. The summed E-state index contributed by atoms with van der Waals surface area (Å²) < 4.78 is 1.86. The lowest BCUT2D eigenvalue weighted by atomic mass is 10.2. The van der Waals surface area contributed by atoms with Crippen molar-refractivity contribution in [3.05, 3.63) is 40.8 Å². The van der Waals surface area contributed by atoms with Crippen LogP contribution in [0.2, 0.25) is 0 Å². The minimum Gasteiger partial charge on any atom is -0.394 e. The number of nitrogens with zero attached hydrogens (tertiary/aromatic N) is 4. The van der Waals surface area contributed by atoms with E-state index in [9.17, 15) is 0 Å². The van der Waals surface area contributed by atoms with E-state index in [1.165, 1.54) is 5.56 Å². The van der Waals surface area contributed by atoms with Crippen molar-refractivity contribution in [1.29, 1.82) is 0 Å². The van der Waals surface area contributed by atoms with E-state index in [-0.39, 0.29) is 6.61 Å². The first-order valence-electron chi connectivity index (χ1n) is 7.50. The van der Waals surface area contributed by atoms with Gasteiger partial charge in [0, 0.05) is 38.4 Å². The van der Waals surface area contributed by atoms with E-state index >= 15 is 0 Å².